The number of benzene rings is 2. The summed E-state index contributed by atoms with van der Waals surface area (Å²) in [4.78, 5) is 22.1. The van der Waals surface area contributed by atoms with Crippen molar-refractivity contribution in [3.63, 3.8) is 0 Å². The molecule has 0 atom stereocenters. The van der Waals surface area contributed by atoms with Gasteiger partial charge in [-0.15, -0.1) is 0 Å². The molecule has 0 saturated heterocycles. The van der Waals surface area contributed by atoms with E-state index < -0.39 is 11.8 Å². The highest BCUT2D eigenvalue weighted by Crippen LogP contribution is 2.28. The predicted molar refractivity (Wildman–Crippen MR) is 78.0 cm³/mol. The third-order valence-electron chi connectivity index (χ3n) is 2.72. The average Bonchev–Trinajstić information content (AvgIpc) is 2.45. The van der Waals surface area contributed by atoms with E-state index in [0.29, 0.717) is 10.6 Å². The fourth-order valence-electron chi connectivity index (χ4n) is 1.76. The van der Waals surface area contributed by atoms with Crippen LogP contribution in [-0.4, -0.2) is 16.9 Å². The van der Waals surface area contributed by atoms with Gasteiger partial charge in [0.25, 0.3) is 0 Å². The Bertz CT molecular complexity index is 675. The quantitative estimate of drug-likeness (QED) is 0.686. The van der Waals surface area contributed by atoms with Crippen LogP contribution >= 0.6 is 11.6 Å². The molecule has 0 aliphatic carbocycles. The molecule has 0 aromatic heterocycles. The van der Waals surface area contributed by atoms with Crippen molar-refractivity contribution < 1.29 is 14.7 Å². The second-order valence-corrected chi connectivity index (χ2v) is 4.50. The van der Waals surface area contributed by atoms with E-state index in [2.05, 4.69) is 0 Å². The minimum absolute atomic E-state index is 0.354. The number of carboxylic acid groups (broad SMARTS) is 1. The minimum Gasteiger partial charge on any atom is -0.478 e. The summed E-state index contributed by atoms with van der Waals surface area (Å²) in [7, 11) is 0. The number of halogens is 1. The Morgan fingerprint density at radius 3 is 2.30 bits per heavy atom. The van der Waals surface area contributed by atoms with Crippen molar-refractivity contribution in [3.05, 3.63) is 71.3 Å². The van der Waals surface area contributed by atoms with Gasteiger partial charge in [0.1, 0.15) is 0 Å². The molecule has 0 aliphatic rings. The molecule has 100 valence electrons. The van der Waals surface area contributed by atoms with Gasteiger partial charge in [0, 0.05) is 22.2 Å². The Hall–Kier alpha value is -2.39. The summed E-state index contributed by atoms with van der Waals surface area (Å²) in [5.74, 6) is -1.56. The van der Waals surface area contributed by atoms with E-state index in [1.165, 1.54) is 0 Å². The van der Waals surface area contributed by atoms with Gasteiger partial charge in [0.15, 0.2) is 5.78 Å². The van der Waals surface area contributed by atoms with Crippen LogP contribution in [0.1, 0.15) is 10.4 Å². The molecule has 1 N–H and O–H groups in total. The zero-order valence-corrected chi connectivity index (χ0v) is 11.2. The van der Waals surface area contributed by atoms with Crippen molar-refractivity contribution in [2.45, 2.75) is 0 Å². The molecule has 0 radical (unpaired) electrons. The summed E-state index contributed by atoms with van der Waals surface area (Å²) in [6.45, 7) is 0. The van der Waals surface area contributed by atoms with Crippen LogP contribution in [0.5, 0.6) is 0 Å². The Morgan fingerprint density at radius 2 is 1.70 bits per heavy atom. The molecule has 0 fully saturated rings. The highest BCUT2D eigenvalue weighted by Gasteiger charge is 2.08. The molecule has 0 unspecified atom stereocenters. The van der Waals surface area contributed by atoms with E-state index in [9.17, 15) is 9.59 Å². The van der Waals surface area contributed by atoms with Gasteiger partial charge in [0.2, 0.25) is 0 Å². The largest absolute Gasteiger partial charge is 0.478 e. The van der Waals surface area contributed by atoms with Crippen LogP contribution in [0.25, 0.3) is 11.1 Å². The lowest BCUT2D eigenvalue weighted by atomic mass is 10.0. The summed E-state index contributed by atoms with van der Waals surface area (Å²) in [6.07, 6.45) is 1.82. The maximum Gasteiger partial charge on any atom is 0.328 e. The first-order chi connectivity index (χ1) is 9.58. The number of aliphatic carboxylic acids is 1. The molecule has 2 aromatic carbocycles. The first-order valence-corrected chi connectivity index (χ1v) is 6.26. The van der Waals surface area contributed by atoms with Crippen molar-refractivity contribution >= 4 is 23.4 Å². The van der Waals surface area contributed by atoms with Gasteiger partial charge >= 0.3 is 5.97 Å². The van der Waals surface area contributed by atoms with E-state index >= 15 is 0 Å². The standard InChI is InChI=1S/C16H11ClO3/c17-14-10-12(15(18)8-9-16(19)20)6-7-13(14)11-4-2-1-3-5-11/h1-10H,(H,19,20)/b9-8+. The monoisotopic (exact) mass is 286 g/mol. The van der Waals surface area contributed by atoms with Crippen LogP contribution in [0.3, 0.4) is 0 Å². The molecular weight excluding hydrogens is 276 g/mol. The fraction of sp³-hybridized carbons (Fsp3) is 0. The van der Waals surface area contributed by atoms with Gasteiger partial charge in [0.05, 0.1) is 0 Å². The number of rotatable bonds is 4. The molecule has 0 heterocycles. The van der Waals surface area contributed by atoms with Crippen molar-refractivity contribution in [2.75, 3.05) is 0 Å². The lowest BCUT2D eigenvalue weighted by Gasteiger charge is -2.05. The number of carbonyl (C=O) groups is 2. The number of carboxylic acids is 1. The maximum atomic E-state index is 11.7. The first-order valence-electron chi connectivity index (χ1n) is 5.88. The third kappa shape index (κ3) is 3.33. The summed E-state index contributed by atoms with van der Waals surface area (Å²) >= 11 is 6.18. The van der Waals surface area contributed by atoms with Crippen LogP contribution in [0, 0.1) is 0 Å². The van der Waals surface area contributed by atoms with Gasteiger partial charge in [-0.05, 0) is 17.7 Å². The number of ketones is 1. The Kier molecular flexibility index (Phi) is 4.33. The number of hydrogen-bond donors (Lipinski definition) is 1. The topological polar surface area (TPSA) is 54.4 Å². The second-order valence-electron chi connectivity index (χ2n) is 4.10. The number of hydrogen-bond acceptors (Lipinski definition) is 2. The van der Waals surface area contributed by atoms with Crippen LogP contribution in [-0.2, 0) is 4.79 Å². The molecule has 0 aliphatic heterocycles. The molecule has 20 heavy (non-hydrogen) atoms. The normalized spacial score (nSPS) is 10.7. The molecular formula is C16H11ClO3. The second kappa shape index (κ2) is 6.17. The highest BCUT2D eigenvalue weighted by atomic mass is 35.5. The van der Waals surface area contributed by atoms with Gasteiger partial charge in [-0.25, -0.2) is 4.79 Å². The third-order valence-corrected chi connectivity index (χ3v) is 3.03. The van der Waals surface area contributed by atoms with Crippen LogP contribution in [0.2, 0.25) is 5.02 Å². The van der Waals surface area contributed by atoms with E-state index in [4.69, 9.17) is 16.7 Å². The van der Waals surface area contributed by atoms with E-state index in [-0.39, 0.29) is 0 Å². The van der Waals surface area contributed by atoms with Crippen molar-refractivity contribution in [3.8, 4) is 11.1 Å². The molecule has 0 saturated carbocycles. The zero-order chi connectivity index (χ0) is 14.5. The minimum atomic E-state index is -1.16. The van der Waals surface area contributed by atoms with E-state index in [1.807, 2.05) is 30.3 Å². The van der Waals surface area contributed by atoms with Crippen LogP contribution < -0.4 is 0 Å². The van der Waals surface area contributed by atoms with Crippen LogP contribution in [0.4, 0.5) is 0 Å². The molecule has 0 amide bonds. The SMILES string of the molecule is O=C(O)/C=C/C(=O)c1ccc(-c2ccccc2)c(Cl)c1. The Labute approximate surface area is 121 Å². The molecule has 2 aromatic rings. The smallest absolute Gasteiger partial charge is 0.328 e. The van der Waals surface area contributed by atoms with Crippen LogP contribution in [0.15, 0.2) is 60.7 Å². The van der Waals surface area contributed by atoms with Gasteiger partial charge in [-0.2, -0.15) is 0 Å². The number of carbonyl (C=O) groups excluding carboxylic acids is 1. The van der Waals surface area contributed by atoms with Crippen molar-refractivity contribution in [1.82, 2.24) is 0 Å². The first kappa shape index (κ1) is 14.0. The van der Waals surface area contributed by atoms with Gasteiger partial charge in [-0.3, -0.25) is 4.79 Å². The van der Waals surface area contributed by atoms with Crippen molar-refractivity contribution in [1.29, 1.82) is 0 Å². The summed E-state index contributed by atoms with van der Waals surface area (Å²) < 4.78 is 0. The molecule has 0 bridgehead atoms. The lowest BCUT2D eigenvalue weighted by Crippen LogP contribution is -1.97. The molecule has 3 nitrogen and oxygen atoms in total. The summed E-state index contributed by atoms with van der Waals surface area (Å²) in [6, 6.07) is 14.5. The Balaban J connectivity index is 2.31. The fourth-order valence-corrected chi connectivity index (χ4v) is 2.05. The lowest BCUT2D eigenvalue weighted by molar-refractivity contribution is -0.131. The Morgan fingerprint density at radius 1 is 1.00 bits per heavy atom. The van der Waals surface area contributed by atoms with Gasteiger partial charge < -0.3 is 5.11 Å². The predicted octanol–water partition coefficient (Wildman–Crippen LogP) is 3.83. The highest BCUT2D eigenvalue weighted by molar-refractivity contribution is 6.33. The molecule has 4 heteroatoms. The van der Waals surface area contributed by atoms with Crippen molar-refractivity contribution in [2.24, 2.45) is 0 Å². The molecule has 2 rings (SSSR count). The number of allylic oxidation sites excluding steroid dienone is 1. The maximum absolute atomic E-state index is 11.7. The van der Waals surface area contributed by atoms with Gasteiger partial charge in [-0.1, -0.05) is 54.1 Å². The average molecular weight is 287 g/mol. The summed E-state index contributed by atoms with van der Waals surface area (Å²) in [5.41, 5.74) is 2.13. The van der Waals surface area contributed by atoms with E-state index in [0.717, 1.165) is 23.3 Å². The zero-order valence-electron chi connectivity index (χ0n) is 10.4. The molecule has 0 spiro atoms. The van der Waals surface area contributed by atoms with E-state index in [1.54, 1.807) is 18.2 Å². The summed E-state index contributed by atoms with van der Waals surface area (Å²) in [5, 5.41) is 8.94.